The average Bonchev–Trinajstić information content (AvgIpc) is 3.37. The highest BCUT2D eigenvalue weighted by Crippen LogP contribution is 2.38. The third-order valence-electron chi connectivity index (χ3n) is 6.93. The lowest BCUT2D eigenvalue weighted by Gasteiger charge is -2.38. The van der Waals surface area contributed by atoms with Gasteiger partial charge in [0.25, 0.3) is 5.91 Å². The lowest BCUT2D eigenvalue weighted by Crippen LogP contribution is -2.45. The topological polar surface area (TPSA) is 114 Å². The molecule has 1 N–H and O–H groups in total. The van der Waals surface area contributed by atoms with Crippen LogP contribution in [0.3, 0.4) is 0 Å². The van der Waals surface area contributed by atoms with Crippen LogP contribution in [-0.4, -0.2) is 72.1 Å². The Morgan fingerprint density at radius 3 is 2.62 bits per heavy atom. The second-order valence-corrected chi connectivity index (χ2v) is 9.75. The molecule has 0 aliphatic carbocycles. The van der Waals surface area contributed by atoms with Crippen molar-refractivity contribution >= 4 is 17.7 Å². The maximum Gasteiger partial charge on any atom is 0.276 e. The molecule has 204 valence electrons. The van der Waals surface area contributed by atoms with Crippen molar-refractivity contribution in [1.82, 2.24) is 20.3 Å². The Morgan fingerprint density at radius 1 is 1.00 bits per heavy atom. The van der Waals surface area contributed by atoms with Crippen molar-refractivity contribution in [1.29, 1.82) is 0 Å². The first-order valence-corrected chi connectivity index (χ1v) is 13.1. The van der Waals surface area contributed by atoms with E-state index in [9.17, 15) is 14.4 Å². The van der Waals surface area contributed by atoms with Crippen molar-refractivity contribution in [2.45, 2.75) is 32.7 Å². The van der Waals surface area contributed by atoms with Crippen molar-refractivity contribution in [2.24, 2.45) is 0 Å². The van der Waals surface area contributed by atoms with Gasteiger partial charge in [-0.05, 0) is 60.7 Å². The van der Waals surface area contributed by atoms with Crippen molar-refractivity contribution in [3.05, 3.63) is 76.7 Å². The summed E-state index contributed by atoms with van der Waals surface area (Å²) < 4.78 is 17.2. The Kier molecular flexibility index (Phi) is 7.81. The van der Waals surface area contributed by atoms with Gasteiger partial charge in [0.2, 0.25) is 11.8 Å². The van der Waals surface area contributed by atoms with Crippen molar-refractivity contribution in [2.75, 3.05) is 39.4 Å². The summed E-state index contributed by atoms with van der Waals surface area (Å²) in [5, 5.41) is 6.51. The minimum atomic E-state index is -0.320. The number of fused-ring (bicyclic) bond motifs is 8. The summed E-state index contributed by atoms with van der Waals surface area (Å²) >= 11 is 0. The molecule has 1 unspecified atom stereocenters. The van der Waals surface area contributed by atoms with Gasteiger partial charge in [-0.25, -0.2) is 0 Å². The van der Waals surface area contributed by atoms with Crippen molar-refractivity contribution < 1.29 is 28.4 Å². The van der Waals surface area contributed by atoms with Crippen LogP contribution in [-0.2, 0) is 16.0 Å². The predicted molar refractivity (Wildman–Crippen MR) is 142 cm³/mol. The van der Waals surface area contributed by atoms with Gasteiger partial charge in [0.1, 0.15) is 23.9 Å². The molecule has 3 amide bonds. The number of aryl methyl sites for hydroxylation is 1. The largest absolute Gasteiger partial charge is 0.494 e. The molecule has 10 nitrogen and oxygen atoms in total. The second-order valence-electron chi connectivity index (χ2n) is 9.75. The van der Waals surface area contributed by atoms with Gasteiger partial charge in [-0.1, -0.05) is 23.4 Å². The van der Waals surface area contributed by atoms with E-state index in [0.717, 1.165) is 16.7 Å². The molecule has 0 fully saturated rings. The fourth-order valence-corrected chi connectivity index (χ4v) is 5.06. The zero-order valence-electron chi connectivity index (χ0n) is 22.1. The van der Waals surface area contributed by atoms with Crippen LogP contribution in [0.4, 0.5) is 0 Å². The fourth-order valence-electron chi connectivity index (χ4n) is 5.06. The Labute approximate surface area is 226 Å². The standard InChI is InChI=1S/C29H32N4O6/c1-19-15-26(31-39-19)29(36)32-10-4-13-37-23-6-3-5-22(17-23)28-25-8-7-24(38-14-12-32)16-21(25)9-11-33(28)27(35)18-30-20(2)34/h3,5-8,15-17,28H,4,9-14,18H2,1-2H3,(H,30,34). The lowest BCUT2D eigenvalue weighted by atomic mass is 9.87. The monoisotopic (exact) mass is 532 g/mol. The molecule has 4 heterocycles. The first-order valence-electron chi connectivity index (χ1n) is 13.1. The third kappa shape index (κ3) is 6.05. The van der Waals surface area contributed by atoms with Crippen LogP contribution in [0.25, 0.3) is 0 Å². The number of ether oxygens (including phenoxy) is 2. The normalized spacial score (nSPS) is 17.2. The van der Waals surface area contributed by atoms with Crippen LogP contribution in [0.2, 0.25) is 0 Å². The minimum Gasteiger partial charge on any atom is -0.494 e. The smallest absolute Gasteiger partial charge is 0.276 e. The first kappa shape index (κ1) is 26.3. The molecule has 6 bridgehead atoms. The fraction of sp³-hybridized carbons (Fsp3) is 0.379. The molecule has 2 aromatic carbocycles. The van der Waals surface area contributed by atoms with Crippen LogP contribution in [0.1, 0.15) is 52.3 Å². The molecule has 1 aromatic heterocycles. The number of nitrogens with zero attached hydrogens (tertiary/aromatic N) is 3. The lowest BCUT2D eigenvalue weighted by molar-refractivity contribution is -0.134. The number of carbonyl (C=O) groups is 3. The van der Waals surface area contributed by atoms with E-state index in [2.05, 4.69) is 10.5 Å². The SMILES string of the molecule is CC(=O)NCC(=O)N1CCc2cc3ccc2C1c1cccc(c1)OCCCN(C(=O)c1cc(C)on1)CCO3. The molecule has 3 aliphatic rings. The molecule has 0 saturated carbocycles. The summed E-state index contributed by atoms with van der Waals surface area (Å²) in [4.78, 5) is 41.2. The maximum atomic E-state index is 13.2. The minimum absolute atomic E-state index is 0.0539. The Balaban J connectivity index is 1.44. The van der Waals surface area contributed by atoms with E-state index in [1.54, 1.807) is 17.9 Å². The van der Waals surface area contributed by atoms with Crippen LogP contribution < -0.4 is 14.8 Å². The summed E-state index contributed by atoms with van der Waals surface area (Å²) in [5.74, 6) is 1.37. The summed E-state index contributed by atoms with van der Waals surface area (Å²) in [6, 6.07) is 15.0. The van der Waals surface area contributed by atoms with Crippen LogP contribution in [0, 0.1) is 6.92 Å². The van der Waals surface area contributed by atoms with Gasteiger partial charge in [-0.2, -0.15) is 0 Å². The highest BCUT2D eigenvalue weighted by molar-refractivity contribution is 5.92. The molecular formula is C29H32N4O6. The molecule has 6 rings (SSSR count). The van der Waals surface area contributed by atoms with E-state index in [-0.39, 0.29) is 36.0 Å². The molecule has 3 aromatic rings. The van der Waals surface area contributed by atoms with Gasteiger partial charge < -0.3 is 29.1 Å². The summed E-state index contributed by atoms with van der Waals surface area (Å²) in [6.07, 6.45) is 1.26. The van der Waals surface area contributed by atoms with E-state index in [1.807, 2.05) is 47.4 Å². The highest BCUT2D eigenvalue weighted by Gasteiger charge is 2.32. The molecule has 3 aliphatic heterocycles. The Morgan fingerprint density at radius 2 is 1.82 bits per heavy atom. The number of nitrogens with one attached hydrogen (secondary N) is 1. The maximum absolute atomic E-state index is 13.2. The van der Waals surface area contributed by atoms with Gasteiger partial charge >= 0.3 is 0 Å². The second kappa shape index (κ2) is 11.6. The van der Waals surface area contributed by atoms with Crippen molar-refractivity contribution in [3.8, 4) is 11.5 Å². The molecule has 0 radical (unpaired) electrons. The van der Waals surface area contributed by atoms with Gasteiger partial charge in [-0.15, -0.1) is 0 Å². The summed E-state index contributed by atoms with van der Waals surface area (Å²) in [5.41, 5.74) is 3.29. The molecule has 0 saturated heterocycles. The van der Waals surface area contributed by atoms with Gasteiger partial charge in [0.15, 0.2) is 5.69 Å². The number of aromatic nitrogens is 1. The quantitative estimate of drug-likeness (QED) is 0.552. The number of rotatable bonds is 3. The Hall–Kier alpha value is -4.34. The third-order valence-corrected chi connectivity index (χ3v) is 6.93. The van der Waals surface area contributed by atoms with Crippen LogP contribution >= 0.6 is 0 Å². The van der Waals surface area contributed by atoms with Crippen molar-refractivity contribution in [3.63, 3.8) is 0 Å². The molecule has 1 atom stereocenters. The average molecular weight is 533 g/mol. The Bertz CT molecular complexity index is 1370. The number of carbonyl (C=O) groups excluding carboxylic acids is 3. The van der Waals surface area contributed by atoms with Crippen LogP contribution in [0.5, 0.6) is 11.5 Å². The molecular weight excluding hydrogens is 500 g/mol. The number of hydrogen-bond donors (Lipinski definition) is 1. The van der Waals surface area contributed by atoms with E-state index < -0.39 is 0 Å². The molecule has 39 heavy (non-hydrogen) atoms. The van der Waals surface area contributed by atoms with Gasteiger partial charge in [-0.3, -0.25) is 14.4 Å². The predicted octanol–water partition coefficient (Wildman–Crippen LogP) is 2.90. The molecule has 0 spiro atoms. The number of amides is 3. The zero-order chi connectivity index (χ0) is 27.4. The molecule has 10 heteroatoms. The summed E-state index contributed by atoms with van der Waals surface area (Å²) in [7, 11) is 0. The van der Waals surface area contributed by atoms with E-state index >= 15 is 0 Å². The first-order chi connectivity index (χ1) is 18.9. The number of benzene rings is 2. The van der Waals surface area contributed by atoms with E-state index in [0.29, 0.717) is 62.9 Å². The van der Waals surface area contributed by atoms with E-state index in [1.165, 1.54) is 6.92 Å². The van der Waals surface area contributed by atoms with Gasteiger partial charge in [0.05, 0.1) is 25.7 Å². The number of hydrogen-bond acceptors (Lipinski definition) is 7. The summed E-state index contributed by atoms with van der Waals surface area (Å²) in [6.45, 7) is 5.16. The van der Waals surface area contributed by atoms with Gasteiger partial charge in [0, 0.05) is 26.1 Å². The van der Waals surface area contributed by atoms with E-state index in [4.69, 9.17) is 14.0 Å². The highest BCUT2D eigenvalue weighted by atomic mass is 16.5. The van der Waals surface area contributed by atoms with Crippen LogP contribution in [0.15, 0.2) is 53.1 Å². The zero-order valence-corrected chi connectivity index (χ0v) is 22.1.